The summed E-state index contributed by atoms with van der Waals surface area (Å²) in [5, 5.41) is 3.34. The van der Waals surface area contributed by atoms with E-state index in [1.807, 2.05) is 29.3 Å². The van der Waals surface area contributed by atoms with Gasteiger partial charge < -0.3 is 19.7 Å². The van der Waals surface area contributed by atoms with Crippen LogP contribution in [-0.4, -0.2) is 47.1 Å². The number of nitrogens with one attached hydrogen (secondary N) is 1. The Bertz CT molecular complexity index is 901. The second-order valence-electron chi connectivity index (χ2n) is 7.53. The first-order chi connectivity index (χ1) is 13.8. The lowest BCUT2D eigenvalue weighted by Gasteiger charge is -2.25. The average molecular weight is 380 g/mol. The van der Waals surface area contributed by atoms with Gasteiger partial charge in [-0.05, 0) is 30.5 Å². The van der Waals surface area contributed by atoms with Gasteiger partial charge in [0.05, 0.1) is 12.5 Å². The van der Waals surface area contributed by atoms with Gasteiger partial charge in [0.25, 0.3) is 0 Å². The Morgan fingerprint density at radius 1 is 1.25 bits per heavy atom. The molecular weight excluding hydrogens is 356 g/mol. The monoisotopic (exact) mass is 380 g/mol. The minimum atomic E-state index is -0.0232. The molecule has 3 aliphatic rings. The van der Waals surface area contributed by atoms with Crippen molar-refractivity contribution in [2.45, 2.75) is 38.3 Å². The lowest BCUT2D eigenvalue weighted by Crippen LogP contribution is -2.33. The molecule has 4 heterocycles. The predicted molar refractivity (Wildman–Crippen MR) is 102 cm³/mol. The second-order valence-corrected chi connectivity index (χ2v) is 7.53. The number of amides is 1. The fourth-order valence-corrected chi connectivity index (χ4v) is 4.22. The molecule has 28 heavy (non-hydrogen) atoms. The molecule has 146 valence electrons. The molecule has 1 N–H and O–H groups in total. The Kier molecular flexibility index (Phi) is 4.60. The molecule has 0 bridgehead atoms. The van der Waals surface area contributed by atoms with Gasteiger partial charge in [-0.15, -0.1) is 0 Å². The maximum absolute atomic E-state index is 13.0. The van der Waals surface area contributed by atoms with Crippen LogP contribution in [-0.2, 0) is 24.2 Å². The summed E-state index contributed by atoms with van der Waals surface area (Å²) >= 11 is 0. The first-order valence-electron chi connectivity index (χ1n) is 10.0. The molecule has 2 aromatic rings. The van der Waals surface area contributed by atoms with E-state index in [2.05, 4.69) is 10.3 Å². The molecule has 1 atom stereocenters. The van der Waals surface area contributed by atoms with E-state index in [0.29, 0.717) is 19.6 Å². The summed E-state index contributed by atoms with van der Waals surface area (Å²) in [6, 6.07) is 5.72. The number of carbonyl (C=O) groups excluding carboxylic acids is 1. The summed E-state index contributed by atoms with van der Waals surface area (Å²) in [6.07, 6.45) is 5.10. The Morgan fingerprint density at radius 3 is 3.07 bits per heavy atom. The van der Waals surface area contributed by atoms with E-state index in [1.165, 1.54) is 5.56 Å². The van der Waals surface area contributed by atoms with Crippen LogP contribution >= 0.6 is 0 Å². The van der Waals surface area contributed by atoms with Gasteiger partial charge in [-0.25, -0.2) is 9.97 Å². The van der Waals surface area contributed by atoms with Gasteiger partial charge in [0, 0.05) is 43.5 Å². The number of hydrogen-bond acceptors (Lipinski definition) is 6. The molecule has 0 spiro atoms. The largest absolute Gasteiger partial charge is 0.486 e. The summed E-state index contributed by atoms with van der Waals surface area (Å²) in [5.41, 5.74) is 3.23. The van der Waals surface area contributed by atoms with Crippen LogP contribution < -0.4 is 14.8 Å². The highest BCUT2D eigenvalue weighted by Crippen LogP contribution is 2.33. The second kappa shape index (κ2) is 7.39. The predicted octanol–water partition coefficient (Wildman–Crippen LogP) is 1.80. The highest BCUT2D eigenvalue weighted by atomic mass is 16.6. The molecule has 1 aromatic heterocycles. The molecule has 5 rings (SSSR count). The molecule has 1 saturated heterocycles. The number of likely N-dealkylation sites (tertiary alicyclic amines) is 1. The molecule has 0 unspecified atom stereocenters. The third kappa shape index (κ3) is 3.30. The summed E-state index contributed by atoms with van der Waals surface area (Å²) in [5.74, 6) is 2.37. The third-order valence-electron chi connectivity index (χ3n) is 5.66. The van der Waals surface area contributed by atoms with Gasteiger partial charge in [0.15, 0.2) is 17.3 Å². The third-order valence-corrected chi connectivity index (χ3v) is 5.66. The number of aromatic nitrogens is 2. The van der Waals surface area contributed by atoms with E-state index >= 15 is 0 Å². The van der Waals surface area contributed by atoms with Gasteiger partial charge in [0.2, 0.25) is 5.91 Å². The fourth-order valence-electron chi connectivity index (χ4n) is 4.22. The molecule has 7 nitrogen and oxygen atoms in total. The Balaban J connectivity index is 1.33. The van der Waals surface area contributed by atoms with Gasteiger partial charge in [0.1, 0.15) is 13.2 Å². The van der Waals surface area contributed by atoms with Crippen LogP contribution in [0.1, 0.15) is 41.5 Å². The Labute approximate surface area is 164 Å². The zero-order valence-electron chi connectivity index (χ0n) is 15.8. The molecule has 1 amide bonds. The van der Waals surface area contributed by atoms with Crippen molar-refractivity contribution < 1.29 is 14.3 Å². The van der Waals surface area contributed by atoms with Crippen molar-refractivity contribution in [2.24, 2.45) is 0 Å². The quantitative estimate of drug-likeness (QED) is 0.875. The molecular formula is C21H24N4O3. The lowest BCUT2D eigenvalue weighted by atomic mass is 10.1. The lowest BCUT2D eigenvalue weighted by molar-refractivity contribution is -0.131. The van der Waals surface area contributed by atoms with Crippen LogP contribution in [0.25, 0.3) is 0 Å². The van der Waals surface area contributed by atoms with Crippen molar-refractivity contribution in [3.8, 4) is 11.5 Å². The van der Waals surface area contributed by atoms with Gasteiger partial charge in [-0.2, -0.15) is 0 Å². The van der Waals surface area contributed by atoms with E-state index in [1.54, 1.807) is 0 Å². The maximum Gasteiger partial charge on any atom is 0.227 e. The number of carbonyl (C=O) groups is 1. The number of ether oxygens (including phenoxy) is 2. The number of rotatable bonds is 3. The van der Waals surface area contributed by atoms with Crippen molar-refractivity contribution in [1.29, 1.82) is 0 Å². The fraction of sp³-hybridized carbons (Fsp3) is 0.476. The van der Waals surface area contributed by atoms with Gasteiger partial charge in [-0.3, -0.25) is 4.79 Å². The van der Waals surface area contributed by atoms with Crippen molar-refractivity contribution in [3.63, 3.8) is 0 Å². The molecule has 0 radical (unpaired) electrons. The SMILES string of the molecule is O=C(Cc1ccc2c(c1)OCCO2)N1CCC[C@H]1c1ncc2c(n1)CCNC2. The van der Waals surface area contributed by atoms with Crippen molar-refractivity contribution in [2.75, 3.05) is 26.3 Å². The Hall–Kier alpha value is -2.67. The number of nitrogens with zero attached hydrogens (tertiary/aromatic N) is 3. The highest BCUT2D eigenvalue weighted by molar-refractivity contribution is 5.79. The standard InChI is InChI=1S/C21H24N4O3/c26-20(11-14-3-4-18-19(10-14)28-9-8-27-18)25-7-1-2-17(25)21-23-13-15-12-22-6-5-16(15)24-21/h3-4,10,13,17,22H,1-2,5-9,11-12H2/t17-/m0/s1. The minimum Gasteiger partial charge on any atom is -0.486 e. The van der Waals surface area contributed by atoms with Crippen LogP contribution in [0, 0.1) is 0 Å². The zero-order valence-corrected chi connectivity index (χ0v) is 15.8. The van der Waals surface area contributed by atoms with Gasteiger partial charge >= 0.3 is 0 Å². The normalized spacial score (nSPS) is 20.7. The van der Waals surface area contributed by atoms with Crippen molar-refractivity contribution in [3.05, 3.63) is 47.0 Å². The number of benzene rings is 1. The van der Waals surface area contributed by atoms with Crippen LogP contribution in [0.4, 0.5) is 0 Å². The molecule has 7 heteroatoms. The highest BCUT2D eigenvalue weighted by Gasteiger charge is 2.32. The van der Waals surface area contributed by atoms with E-state index in [-0.39, 0.29) is 11.9 Å². The van der Waals surface area contributed by atoms with Gasteiger partial charge in [-0.1, -0.05) is 6.07 Å². The molecule has 1 fully saturated rings. The van der Waals surface area contributed by atoms with Crippen LogP contribution in [0.2, 0.25) is 0 Å². The summed E-state index contributed by atoms with van der Waals surface area (Å²) in [6.45, 7) is 3.64. The van der Waals surface area contributed by atoms with Crippen LogP contribution in [0.3, 0.4) is 0 Å². The van der Waals surface area contributed by atoms with E-state index in [4.69, 9.17) is 14.5 Å². The summed E-state index contributed by atoms with van der Waals surface area (Å²) in [4.78, 5) is 24.4. The van der Waals surface area contributed by atoms with E-state index < -0.39 is 0 Å². The van der Waals surface area contributed by atoms with E-state index in [0.717, 1.165) is 67.5 Å². The minimum absolute atomic E-state index is 0.0232. The number of hydrogen-bond donors (Lipinski definition) is 1. The number of fused-ring (bicyclic) bond motifs is 2. The molecule has 3 aliphatic heterocycles. The maximum atomic E-state index is 13.0. The van der Waals surface area contributed by atoms with E-state index in [9.17, 15) is 4.79 Å². The summed E-state index contributed by atoms with van der Waals surface area (Å²) < 4.78 is 11.2. The first-order valence-corrected chi connectivity index (χ1v) is 10.0. The smallest absolute Gasteiger partial charge is 0.227 e. The molecule has 1 aromatic carbocycles. The topological polar surface area (TPSA) is 76.6 Å². The van der Waals surface area contributed by atoms with Crippen molar-refractivity contribution in [1.82, 2.24) is 20.2 Å². The van der Waals surface area contributed by atoms with Crippen molar-refractivity contribution >= 4 is 5.91 Å². The zero-order chi connectivity index (χ0) is 18.9. The first kappa shape index (κ1) is 17.4. The average Bonchev–Trinajstić information content (AvgIpc) is 3.23. The Morgan fingerprint density at radius 2 is 2.14 bits per heavy atom. The molecule has 0 saturated carbocycles. The summed E-state index contributed by atoms with van der Waals surface area (Å²) in [7, 11) is 0. The molecule has 0 aliphatic carbocycles. The van der Waals surface area contributed by atoms with Crippen LogP contribution in [0.5, 0.6) is 11.5 Å². The van der Waals surface area contributed by atoms with Crippen LogP contribution in [0.15, 0.2) is 24.4 Å².